The number of hydrogen-bond acceptors (Lipinski definition) is 3. The van der Waals surface area contributed by atoms with Crippen LogP contribution in [-0.2, 0) is 0 Å². The molecule has 1 atom stereocenters. The van der Waals surface area contributed by atoms with E-state index in [1.165, 1.54) is 0 Å². The highest BCUT2D eigenvalue weighted by atomic mass is 35.5. The first-order valence-electron chi connectivity index (χ1n) is 5.10. The molecule has 3 N–H and O–H groups in total. The molecule has 0 radical (unpaired) electrons. The van der Waals surface area contributed by atoms with Crippen molar-refractivity contribution in [1.82, 2.24) is 9.97 Å². The Balaban J connectivity index is 2.25. The topological polar surface area (TPSA) is 54.7 Å². The zero-order valence-electron chi connectivity index (χ0n) is 9.03. The lowest BCUT2D eigenvalue weighted by atomic mass is 10.2. The number of thioether (sulfide) groups is 1. The second kappa shape index (κ2) is 5.08. The van der Waals surface area contributed by atoms with Gasteiger partial charge in [0.05, 0.1) is 17.1 Å². The van der Waals surface area contributed by atoms with Crippen LogP contribution in [0.2, 0.25) is 5.02 Å². The van der Waals surface area contributed by atoms with E-state index in [0.29, 0.717) is 5.02 Å². The lowest BCUT2D eigenvalue weighted by molar-refractivity contribution is 0.666. The number of halogens is 1. The molecule has 3 nitrogen and oxygen atoms in total. The number of rotatable bonds is 4. The molecule has 0 saturated heterocycles. The molecule has 0 amide bonds. The Morgan fingerprint density at radius 1 is 1.56 bits per heavy atom. The maximum absolute atomic E-state index is 6.04. The first kappa shape index (κ1) is 11.8. The molecule has 16 heavy (non-hydrogen) atoms. The third-order valence-electron chi connectivity index (χ3n) is 2.45. The Bertz CT molecular complexity index is 483. The van der Waals surface area contributed by atoms with E-state index >= 15 is 0 Å². The first-order valence-corrected chi connectivity index (χ1v) is 6.87. The molecule has 5 heteroatoms. The molecule has 0 spiro atoms. The molecule has 0 fully saturated rings. The van der Waals surface area contributed by atoms with Crippen molar-refractivity contribution in [2.75, 3.05) is 12.0 Å². The van der Waals surface area contributed by atoms with E-state index in [4.69, 9.17) is 17.3 Å². The summed E-state index contributed by atoms with van der Waals surface area (Å²) in [6.45, 7) is 0. The summed E-state index contributed by atoms with van der Waals surface area (Å²) in [5, 5.41) is 0.709. The summed E-state index contributed by atoms with van der Waals surface area (Å²) in [4.78, 5) is 7.67. The quantitative estimate of drug-likeness (QED) is 0.883. The van der Waals surface area contributed by atoms with Crippen LogP contribution in [-0.4, -0.2) is 22.0 Å². The minimum atomic E-state index is -0.0291. The van der Waals surface area contributed by atoms with E-state index < -0.39 is 0 Å². The van der Waals surface area contributed by atoms with Gasteiger partial charge < -0.3 is 10.7 Å². The third kappa shape index (κ3) is 2.51. The second-order valence-electron chi connectivity index (χ2n) is 3.67. The van der Waals surface area contributed by atoms with Gasteiger partial charge >= 0.3 is 0 Å². The van der Waals surface area contributed by atoms with Crippen LogP contribution in [0.3, 0.4) is 0 Å². The molecule has 2 aromatic rings. The zero-order valence-corrected chi connectivity index (χ0v) is 10.6. The summed E-state index contributed by atoms with van der Waals surface area (Å²) in [6, 6.07) is 5.58. The SMILES string of the molecule is CSCCC(N)c1nc2ccc(Cl)cc2[nH]1. The zero-order chi connectivity index (χ0) is 11.5. The molecular weight excluding hydrogens is 242 g/mol. The fourth-order valence-electron chi connectivity index (χ4n) is 1.56. The average Bonchev–Trinajstić information content (AvgIpc) is 2.68. The summed E-state index contributed by atoms with van der Waals surface area (Å²) in [6.07, 6.45) is 3.00. The van der Waals surface area contributed by atoms with Crippen LogP contribution in [0.1, 0.15) is 18.3 Å². The van der Waals surface area contributed by atoms with Crippen molar-refractivity contribution in [2.24, 2.45) is 5.73 Å². The van der Waals surface area contributed by atoms with Crippen molar-refractivity contribution < 1.29 is 0 Å². The van der Waals surface area contributed by atoms with Gasteiger partial charge in [-0.2, -0.15) is 11.8 Å². The van der Waals surface area contributed by atoms with Crippen molar-refractivity contribution in [2.45, 2.75) is 12.5 Å². The minimum Gasteiger partial charge on any atom is -0.341 e. The molecule has 0 aliphatic carbocycles. The number of nitrogens with zero attached hydrogens (tertiary/aromatic N) is 1. The van der Waals surface area contributed by atoms with Crippen molar-refractivity contribution in [3.8, 4) is 0 Å². The molecule has 1 aromatic heterocycles. The third-order valence-corrected chi connectivity index (χ3v) is 3.33. The van der Waals surface area contributed by atoms with E-state index in [9.17, 15) is 0 Å². The van der Waals surface area contributed by atoms with Crippen molar-refractivity contribution in [1.29, 1.82) is 0 Å². The maximum Gasteiger partial charge on any atom is 0.124 e. The highest BCUT2D eigenvalue weighted by Gasteiger charge is 2.10. The van der Waals surface area contributed by atoms with Crippen LogP contribution in [0, 0.1) is 0 Å². The molecule has 1 heterocycles. The van der Waals surface area contributed by atoms with Gasteiger partial charge in [0.15, 0.2) is 0 Å². The van der Waals surface area contributed by atoms with Crippen LogP contribution in [0.4, 0.5) is 0 Å². The summed E-state index contributed by atoms with van der Waals surface area (Å²) < 4.78 is 0. The summed E-state index contributed by atoms with van der Waals surface area (Å²) >= 11 is 7.70. The highest BCUT2D eigenvalue weighted by molar-refractivity contribution is 7.98. The van der Waals surface area contributed by atoms with Gasteiger partial charge in [-0.1, -0.05) is 11.6 Å². The Morgan fingerprint density at radius 3 is 3.12 bits per heavy atom. The van der Waals surface area contributed by atoms with Gasteiger partial charge in [0, 0.05) is 5.02 Å². The number of nitrogens with two attached hydrogens (primary N) is 1. The van der Waals surface area contributed by atoms with Crippen LogP contribution >= 0.6 is 23.4 Å². The molecule has 1 aromatic carbocycles. The minimum absolute atomic E-state index is 0.0291. The number of aromatic nitrogens is 2. The van der Waals surface area contributed by atoms with E-state index in [-0.39, 0.29) is 6.04 Å². The van der Waals surface area contributed by atoms with Crippen molar-refractivity contribution in [3.63, 3.8) is 0 Å². The second-order valence-corrected chi connectivity index (χ2v) is 5.09. The smallest absolute Gasteiger partial charge is 0.124 e. The van der Waals surface area contributed by atoms with Gasteiger partial charge in [-0.05, 0) is 36.6 Å². The van der Waals surface area contributed by atoms with E-state index in [1.54, 1.807) is 11.8 Å². The fraction of sp³-hybridized carbons (Fsp3) is 0.364. The Labute approximate surface area is 104 Å². The fourth-order valence-corrected chi connectivity index (χ4v) is 2.22. The number of aromatic amines is 1. The summed E-state index contributed by atoms with van der Waals surface area (Å²) in [5.41, 5.74) is 7.91. The average molecular weight is 256 g/mol. The lowest BCUT2D eigenvalue weighted by Crippen LogP contribution is -2.12. The first-order chi connectivity index (χ1) is 7.70. The Morgan fingerprint density at radius 2 is 2.38 bits per heavy atom. The van der Waals surface area contributed by atoms with E-state index in [2.05, 4.69) is 16.2 Å². The Hall–Kier alpha value is -0.710. The molecule has 0 bridgehead atoms. The van der Waals surface area contributed by atoms with Gasteiger partial charge in [0.25, 0.3) is 0 Å². The number of imidazole rings is 1. The van der Waals surface area contributed by atoms with Crippen molar-refractivity contribution in [3.05, 3.63) is 29.0 Å². The van der Waals surface area contributed by atoms with Gasteiger partial charge in [-0.15, -0.1) is 0 Å². The number of H-pyrrole nitrogens is 1. The standard InChI is InChI=1S/C11H14ClN3S/c1-16-5-4-8(13)11-14-9-3-2-7(12)6-10(9)15-11/h2-3,6,8H,4-5,13H2,1H3,(H,14,15). The molecule has 2 rings (SSSR count). The van der Waals surface area contributed by atoms with Crippen molar-refractivity contribution >= 4 is 34.4 Å². The van der Waals surface area contributed by atoms with Crippen LogP contribution in [0.5, 0.6) is 0 Å². The summed E-state index contributed by atoms with van der Waals surface area (Å²) in [7, 11) is 0. The van der Waals surface area contributed by atoms with Gasteiger partial charge in [-0.25, -0.2) is 4.98 Å². The lowest BCUT2D eigenvalue weighted by Gasteiger charge is -2.06. The molecular formula is C11H14ClN3S. The number of hydrogen-bond donors (Lipinski definition) is 2. The Kier molecular flexibility index (Phi) is 3.74. The van der Waals surface area contributed by atoms with Crippen LogP contribution in [0.15, 0.2) is 18.2 Å². The van der Waals surface area contributed by atoms with Gasteiger partial charge in [-0.3, -0.25) is 0 Å². The highest BCUT2D eigenvalue weighted by Crippen LogP contribution is 2.20. The van der Waals surface area contributed by atoms with E-state index in [0.717, 1.165) is 29.0 Å². The normalized spacial score (nSPS) is 13.2. The number of fused-ring (bicyclic) bond motifs is 1. The predicted molar refractivity (Wildman–Crippen MR) is 71.0 cm³/mol. The van der Waals surface area contributed by atoms with Crippen LogP contribution in [0.25, 0.3) is 11.0 Å². The number of benzene rings is 1. The number of nitrogens with one attached hydrogen (secondary N) is 1. The molecule has 0 aliphatic heterocycles. The van der Waals surface area contributed by atoms with E-state index in [1.807, 2.05) is 18.2 Å². The molecule has 0 saturated carbocycles. The maximum atomic E-state index is 6.04. The monoisotopic (exact) mass is 255 g/mol. The summed E-state index contributed by atoms with van der Waals surface area (Å²) in [5.74, 6) is 1.88. The molecule has 86 valence electrons. The van der Waals surface area contributed by atoms with Crippen LogP contribution < -0.4 is 5.73 Å². The van der Waals surface area contributed by atoms with Gasteiger partial charge in [0.1, 0.15) is 5.82 Å². The largest absolute Gasteiger partial charge is 0.341 e. The van der Waals surface area contributed by atoms with Gasteiger partial charge in [0.2, 0.25) is 0 Å². The predicted octanol–water partition coefficient (Wildman–Crippen LogP) is 2.97. The molecule has 1 unspecified atom stereocenters. The molecule has 0 aliphatic rings.